The summed E-state index contributed by atoms with van der Waals surface area (Å²) < 4.78 is 1.94. The molecule has 2 aromatic rings. The molecule has 2 rings (SSSR count). The summed E-state index contributed by atoms with van der Waals surface area (Å²) in [6.45, 7) is 10.2. The Kier molecular flexibility index (Phi) is 6.00. The van der Waals surface area contributed by atoms with Crippen LogP contribution in [0.2, 0.25) is 0 Å². The lowest BCUT2D eigenvalue weighted by atomic mass is 9.96. The van der Waals surface area contributed by atoms with E-state index in [1.165, 1.54) is 11.3 Å². The maximum Gasteiger partial charge on any atom is 0.254 e. The largest absolute Gasteiger partial charge is 0.347 e. The van der Waals surface area contributed by atoms with Crippen molar-refractivity contribution < 1.29 is 9.59 Å². The minimum absolute atomic E-state index is 0.00641. The van der Waals surface area contributed by atoms with Gasteiger partial charge >= 0.3 is 0 Å². The van der Waals surface area contributed by atoms with E-state index in [4.69, 9.17) is 0 Å². The van der Waals surface area contributed by atoms with Crippen LogP contribution in [-0.2, 0) is 11.3 Å². The van der Waals surface area contributed by atoms with E-state index in [0.717, 1.165) is 11.3 Å². The van der Waals surface area contributed by atoms with E-state index in [0.29, 0.717) is 17.1 Å². The van der Waals surface area contributed by atoms with Crippen LogP contribution in [0.1, 0.15) is 49.4 Å². The average molecular weight is 362 g/mol. The zero-order chi connectivity index (χ0) is 18.6. The molecule has 0 aliphatic carbocycles. The van der Waals surface area contributed by atoms with Crippen molar-refractivity contribution in [1.29, 1.82) is 0 Å². The maximum atomic E-state index is 12.7. The number of anilines is 1. The molecule has 0 aliphatic rings. The summed E-state index contributed by atoms with van der Waals surface area (Å²) in [5, 5.41) is 6.55. The van der Waals surface area contributed by atoms with Gasteiger partial charge in [0, 0.05) is 35.3 Å². The highest BCUT2D eigenvalue weighted by molar-refractivity contribution is 7.16. The van der Waals surface area contributed by atoms with Crippen molar-refractivity contribution in [2.45, 2.75) is 53.6 Å². The van der Waals surface area contributed by atoms with Crippen LogP contribution in [0.25, 0.3) is 0 Å². The third kappa shape index (κ3) is 5.16. The number of aryl methyl sites for hydroxylation is 1. The van der Waals surface area contributed by atoms with E-state index in [2.05, 4.69) is 15.6 Å². The van der Waals surface area contributed by atoms with Crippen molar-refractivity contribution in [1.82, 2.24) is 14.9 Å². The molecule has 6 nitrogen and oxygen atoms in total. The Labute approximate surface area is 152 Å². The Hall–Kier alpha value is -2.15. The van der Waals surface area contributed by atoms with Crippen molar-refractivity contribution in [2.75, 3.05) is 5.32 Å². The van der Waals surface area contributed by atoms with Gasteiger partial charge in [0.2, 0.25) is 5.91 Å². The summed E-state index contributed by atoms with van der Waals surface area (Å²) in [6, 6.07) is 1.82. The molecule has 2 N–H and O–H groups in total. The lowest BCUT2D eigenvalue weighted by Crippen LogP contribution is -2.37. The fourth-order valence-corrected chi connectivity index (χ4v) is 3.16. The van der Waals surface area contributed by atoms with Gasteiger partial charge in [-0.15, -0.1) is 11.3 Å². The number of amides is 2. The maximum absolute atomic E-state index is 12.7. The Bertz CT molecular complexity index is 729. The quantitative estimate of drug-likeness (QED) is 0.826. The van der Waals surface area contributed by atoms with Crippen LogP contribution in [-0.4, -0.2) is 27.4 Å². The Balaban J connectivity index is 2.11. The zero-order valence-corrected chi connectivity index (χ0v) is 16.2. The number of carbonyl (C=O) groups excluding carboxylic acids is 2. The molecule has 2 heterocycles. The molecule has 2 aromatic heterocycles. The van der Waals surface area contributed by atoms with Gasteiger partial charge in [0.15, 0.2) is 0 Å². The summed E-state index contributed by atoms with van der Waals surface area (Å²) in [5.41, 5.74) is 0.00290. The number of rotatable bonds is 6. The molecule has 1 atom stereocenters. The Morgan fingerprint density at radius 2 is 2.08 bits per heavy atom. The standard InChI is InChI=1S/C18H26N4O2S/c1-6-13(10-22-8-7-19-11-22)20-15(23)14-9-12(2)25-16(14)21-17(24)18(3,4)5/h7-9,11,13H,6,10H2,1-5H3,(H,20,23)(H,21,24). The first-order chi connectivity index (χ1) is 11.7. The summed E-state index contributed by atoms with van der Waals surface area (Å²) in [4.78, 5) is 30.0. The predicted octanol–water partition coefficient (Wildman–Crippen LogP) is 3.45. The highest BCUT2D eigenvalue weighted by Gasteiger charge is 2.25. The van der Waals surface area contributed by atoms with Gasteiger partial charge in [-0.1, -0.05) is 27.7 Å². The average Bonchev–Trinajstić information content (AvgIpc) is 3.15. The van der Waals surface area contributed by atoms with Crippen LogP contribution in [0.5, 0.6) is 0 Å². The summed E-state index contributed by atoms with van der Waals surface area (Å²) >= 11 is 1.42. The van der Waals surface area contributed by atoms with Crippen molar-refractivity contribution in [2.24, 2.45) is 5.41 Å². The molecule has 0 radical (unpaired) electrons. The van der Waals surface area contributed by atoms with Gasteiger partial charge in [-0.2, -0.15) is 0 Å². The van der Waals surface area contributed by atoms with E-state index < -0.39 is 5.41 Å². The van der Waals surface area contributed by atoms with E-state index in [1.54, 1.807) is 12.5 Å². The van der Waals surface area contributed by atoms with E-state index in [-0.39, 0.29) is 17.9 Å². The third-order valence-corrected chi connectivity index (χ3v) is 4.79. The van der Waals surface area contributed by atoms with Crippen molar-refractivity contribution in [3.05, 3.63) is 35.2 Å². The highest BCUT2D eigenvalue weighted by atomic mass is 32.1. The summed E-state index contributed by atoms with van der Waals surface area (Å²) in [5.74, 6) is -0.269. The zero-order valence-electron chi connectivity index (χ0n) is 15.4. The van der Waals surface area contributed by atoms with Crippen molar-refractivity contribution in [3.63, 3.8) is 0 Å². The molecule has 0 fully saturated rings. The normalized spacial score (nSPS) is 12.7. The first-order valence-electron chi connectivity index (χ1n) is 8.39. The second kappa shape index (κ2) is 7.82. The molecule has 0 bridgehead atoms. The van der Waals surface area contributed by atoms with Crippen LogP contribution in [0.4, 0.5) is 5.00 Å². The van der Waals surface area contributed by atoms with Crippen LogP contribution in [0.15, 0.2) is 24.8 Å². The highest BCUT2D eigenvalue weighted by Crippen LogP contribution is 2.29. The number of thiophene rings is 1. The second-order valence-corrected chi connectivity index (χ2v) is 8.40. The first-order valence-corrected chi connectivity index (χ1v) is 9.20. The molecule has 7 heteroatoms. The lowest BCUT2D eigenvalue weighted by Gasteiger charge is -2.19. The molecular formula is C18H26N4O2S. The van der Waals surface area contributed by atoms with Gasteiger partial charge in [-0.25, -0.2) is 4.98 Å². The molecule has 2 amide bonds. The number of nitrogens with zero attached hydrogens (tertiary/aromatic N) is 2. The molecule has 25 heavy (non-hydrogen) atoms. The number of carbonyl (C=O) groups is 2. The van der Waals surface area contributed by atoms with Crippen LogP contribution >= 0.6 is 11.3 Å². The van der Waals surface area contributed by atoms with Gasteiger partial charge < -0.3 is 15.2 Å². The molecule has 0 aromatic carbocycles. The Morgan fingerprint density at radius 3 is 2.64 bits per heavy atom. The fourth-order valence-electron chi connectivity index (χ4n) is 2.26. The number of aromatic nitrogens is 2. The molecule has 0 saturated heterocycles. The fraction of sp³-hybridized carbons (Fsp3) is 0.500. The Morgan fingerprint density at radius 1 is 1.36 bits per heavy atom. The first kappa shape index (κ1) is 19.2. The van der Waals surface area contributed by atoms with Crippen LogP contribution < -0.4 is 10.6 Å². The van der Waals surface area contributed by atoms with Gasteiger partial charge in [-0.05, 0) is 19.4 Å². The molecule has 0 aliphatic heterocycles. The number of hydrogen-bond donors (Lipinski definition) is 2. The van der Waals surface area contributed by atoms with Gasteiger partial charge in [0.1, 0.15) is 5.00 Å². The van der Waals surface area contributed by atoms with Crippen molar-refractivity contribution in [3.8, 4) is 0 Å². The lowest BCUT2D eigenvalue weighted by molar-refractivity contribution is -0.123. The molecule has 1 unspecified atom stereocenters. The summed E-state index contributed by atoms with van der Waals surface area (Å²) in [7, 11) is 0. The smallest absolute Gasteiger partial charge is 0.254 e. The third-order valence-electron chi connectivity index (χ3n) is 3.83. The van der Waals surface area contributed by atoms with Crippen LogP contribution in [0, 0.1) is 12.3 Å². The van der Waals surface area contributed by atoms with Crippen LogP contribution in [0.3, 0.4) is 0 Å². The van der Waals surface area contributed by atoms with Gasteiger partial charge in [0.05, 0.1) is 11.9 Å². The number of hydrogen-bond acceptors (Lipinski definition) is 4. The van der Waals surface area contributed by atoms with E-state index >= 15 is 0 Å². The number of imidazole rings is 1. The monoisotopic (exact) mass is 362 g/mol. The second-order valence-electron chi connectivity index (χ2n) is 7.14. The topological polar surface area (TPSA) is 76.0 Å². The van der Waals surface area contributed by atoms with E-state index in [1.807, 2.05) is 51.4 Å². The SMILES string of the molecule is CCC(Cn1ccnc1)NC(=O)c1cc(C)sc1NC(=O)C(C)(C)C. The summed E-state index contributed by atoms with van der Waals surface area (Å²) in [6.07, 6.45) is 6.13. The number of nitrogens with one attached hydrogen (secondary N) is 2. The minimum Gasteiger partial charge on any atom is -0.347 e. The van der Waals surface area contributed by atoms with Crippen molar-refractivity contribution >= 4 is 28.2 Å². The van der Waals surface area contributed by atoms with Gasteiger partial charge in [0.25, 0.3) is 5.91 Å². The predicted molar refractivity (Wildman–Crippen MR) is 101 cm³/mol. The molecule has 0 spiro atoms. The molecule has 0 saturated carbocycles. The van der Waals surface area contributed by atoms with Gasteiger partial charge in [-0.3, -0.25) is 9.59 Å². The molecular weight excluding hydrogens is 336 g/mol. The minimum atomic E-state index is -0.515. The molecule has 136 valence electrons. The van der Waals surface area contributed by atoms with E-state index in [9.17, 15) is 9.59 Å².